The maximum absolute atomic E-state index is 4.52. The van der Waals surface area contributed by atoms with Gasteiger partial charge in [0.1, 0.15) is 18.0 Å². The molecule has 0 amide bonds. The summed E-state index contributed by atoms with van der Waals surface area (Å²) in [5.74, 6) is 2.15. The Morgan fingerprint density at radius 3 is 2.15 bits per heavy atom. The number of anilines is 2. The smallest absolute Gasteiger partial charge is 0.134 e. The summed E-state index contributed by atoms with van der Waals surface area (Å²) in [5.41, 5.74) is 1.27. The average molecular weight is 349 g/mol. The molecule has 0 unspecified atom stereocenters. The predicted octanol–water partition coefficient (Wildman–Crippen LogP) is 2.91. The van der Waals surface area contributed by atoms with Crippen molar-refractivity contribution in [2.45, 2.75) is 12.8 Å². The average Bonchev–Trinajstić information content (AvgIpc) is 3.24. The molecule has 2 aromatic rings. The van der Waals surface area contributed by atoms with Crippen LogP contribution in [-0.2, 0) is 0 Å². The number of hydrogen-bond donors (Lipinski definition) is 0. The molecule has 0 radical (unpaired) electrons. The summed E-state index contributed by atoms with van der Waals surface area (Å²) in [6, 6.07) is 12.7. The fourth-order valence-corrected chi connectivity index (χ4v) is 3.69. The van der Waals surface area contributed by atoms with E-state index in [-0.39, 0.29) is 0 Å². The van der Waals surface area contributed by atoms with E-state index >= 15 is 0 Å². The van der Waals surface area contributed by atoms with Crippen molar-refractivity contribution < 1.29 is 0 Å². The minimum absolute atomic E-state index is 1.01. The Labute approximate surface area is 156 Å². The Hall–Kier alpha value is -2.40. The molecule has 0 bridgehead atoms. The zero-order valence-corrected chi connectivity index (χ0v) is 15.3. The van der Waals surface area contributed by atoms with Gasteiger partial charge in [-0.1, -0.05) is 42.5 Å². The third kappa shape index (κ3) is 4.22. The van der Waals surface area contributed by atoms with E-state index in [1.54, 1.807) is 6.33 Å². The van der Waals surface area contributed by atoms with Gasteiger partial charge in [-0.05, 0) is 18.4 Å². The lowest BCUT2D eigenvalue weighted by atomic mass is 10.2. The molecule has 5 heteroatoms. The van der Waals surface area contributed by atoms with Crippen molar-refractivity contribution in [2.24, 2.45) is 0 Å². The van der Waals surface area contributed by atoms with Gasteiger partial charge in [0.15, 0.2) is 0 Å². The molecule has 0 saturated carbocycles. The minimum atomic E-state index is 1.01. The second-order valence-electron chi connectivity index (χ2n) is 7.03. The van der Waals surface area contributed by atoms with E-state index in [1.165, 1.54) is 18.4 Å². The first-order valence-corrected chi connectivity index (χ1v) is 9.64. The first-order valence-electron chi connectivity index (χ1n) is 9.64. The molecule has 2 saturated heterocycles. The number of nitrogens with zero attached hydrogens (tertiary/aromatic N) is 5. The largest absolute Gasteiger partial charge is 0.356 e. The summed E-state index contributed by atoms with van der Waals surface area (Å²) in [6.45, 7) is 7.44. The Balaban J connectivity index is 1.29. The van der Waals surface area contributed by atoms with Gasteiger partial charge >= 0.3 is 0 Å². The van der Waals surface area contributed by atoms with Crippen LogP contribution in [0.15, 0.2) is 48.8 Å². The lowest BCUT2D eigenvalue weighted by Gasteiger charge is -2.35. The zero-order valence-electron chi connectivity index (χ0n) is 15.3. The van der Waals surface area contributed by atoms with Crippen LogP contribution in [0, 0.1) is 0 Å². The van der Waals surface area contributed by atoms with Crippen LogP contribution in [0.2, 0.25) is 0 Å². The highest BCUT2D eigenvalue weighted by molar-refractivity contribution is 5.51. The van der Waals surface area contributed by atoms with Gasteiger partial charge in [0, 0.05) is 51.9 Å². The van der Waals surface area contributed by atoms with Crippen LogP contribution in [0.25, 0.3) is 6.08 Å². The minimum Gasteiger partial charge on any atom is -0.356 e. The predicted molar refractivity (Wildman–Crippen MR) is 108 cm³/mol. The first-order chi connectivity index (χ1) is 12.9. The van der Waals surface area contributed by atoms with E-state index in [4.69, 9.17) is 0 Å². The maximum atomic E-state index is 4.52. The topological polar surface area (TPSA) is 35.5 Å². The molecule has 5 nitrogen and oxygen atoms in total. The third-order valence-corrected chi connectivity index (χ3v) is 5.24. The summed E-state index contributed by atoms with van der Waals surface area (Å²) >= 11 is 0. The second-order valence-corrected chi connectivity index (χ2v) is 7.03. The highest BCUT2D eigenvalue weighted by Crippen LogP contribution is 2.22. The van der Waals surface area contributed by atoms with Gasteiger partial charge < -0.3 is 9.80 Å². The quantitative estimate of drug-likeness (QED) is 0.829. The Kier molecular flexibility index (Phi) is 5.45. The summed E-state index contributed by atoms with van der Waals surface area (Å²) in [7, 11) is 0. The Bertz CT molecular complexity index is 716. The second kappa shape index (κ2) is 8.32. The van der Waals surface area contributed by atoms with Crippen molar-refractivity contribution in [3.63, 3.8) is 0 Å². The maximum Gasteiger partial charge on any atom is 0.134 e. The van der Waals surface area contributed by atoms with E-state index < -0.39 is 0 Å². The van der Waals surface area contributed by atoms with Crippen LogP contribution in [0.4, 0.5) is 11.6 Å². The molecule has 0 atom stereocenters. The lowest BCUT2D eigenvalue weighted by Crippen LogP contribution is -2.46. The molecule has 0 N–H and O–H groups in total. The van der Waals surface area contributed by atoms with Gasteiger partial charge in [-0.2, -0.15) is 0 Å². The van der Waals surface area contributed by atoms with Crippen LogP contribution in [0.5, 0.6) is 0 Å². The highest BCUT2D eigenvalue weighted by atomic mass is 15.3. The summed E-state index contributed by atoms with van der Waals surface area (Å²) < 4.78 is 0. The number of piperazine rings is 1. The van der Waals surface area contributed by atoms with Gasteiger partial charge in [0.25, 0.3) is 0 Å². The van der Waals surface area contributed by atoms with E-state index in [1.807, 2.05) is 0 Å². The Morgan fingerprint density at radius 1 is 0.808 bits per heavy atom. The molecule has 26 heavy (non-hydrogen) atoms. The number of aromatic nitrogens is 2. The van der Waals surface area contributed by atoms with Crippen molar-refractivity contribution in [1.29, 1.82) is 0 Å². The number of hydrogen-bond acceptors (Lipinski definition) is 5. The van der Waals surface area contributed by atoms with E-state index in [2.05, 4.69) is 73.2 Å². The van der Waals surface area contributed by atoms with Crippen molar-refractivity contribution in [3.8, 4) is 0 Å². The van der Waals surface area contributed by atoms with Crippen molar-refractivity contribution >= 4 is 17.7 Å². The van der Waals surface area contributed by atoms with Crippen LogP contribution in [-0.4, -0.2) is 60.7 Å². The van der Waals surface area contributed by atoms with E-state index in [0.29, 0.717) is 0 Å². The third-order valence-electron chi connectivity index (χ3n) is 5.24. The van der Waals surface area contributed by atoms with E-state index in [0.717, 1.165) is 57.4 Å². The molecular weight excluding hydrogens is 322 g/mol. The van der Waals surface area contributed by atoms with Gasteiger partial charge in [-0.15, -0.1) is 0 Å². The van der Waals surface area contributed by atoms with Crippen LogP contribution in [0.3, 0.4) is 0 Å². The van der Waals surface area contributed by atoms with Crippen molar-refractivity contribution in [3.05, 3.63) is 54.4 Å². The lowest BCUT2D eigenvalue weighted by molar-refractivity contribution is 0.283. The summed E-state index contributed by atoms with van der Waals surface area (Å²) in [5, 5.41) is 0. The zero-order chi connectivity index (χ0) is 17.6. The molecule has 0 spiro atoms. The molecule has 1 aromatic carbocycles. The fourth-order valence-electron chi connectivity index (χ4n) is 3.69. The van der Waals surface area contributed by atoms with Crippen molar-refractivity contribution in [2.75, 3.05) is 55.6 Å². The molecule has 4 rings (SSSR count). The van der Waals surface area contributed by atoms with Gasteiger partial charge in [0.2, 0.25) is 0 Å². The number of rotatable bonds is 5. The molecule has 0 aliphatic carbocycles. The molecule has 2 fully saturated rings. The van der Waals surface area contributed by atoms with Crippen LogP contribution >= 0.6 is 0 Å². The SMILES string of the molecule is C(=C\c1ccccc1)/CN1CCN(c2cc(N3CCCC3)ncn2)CC1. The molecule has 1 aromatic heterocycles. The molecular formula is C21H27N5. The molecule has 2 aliphatic rings. The molecule has 3 heterocycles. The standard InChI is InChI=1S/C21H27N5/c1-2-7-19(8-3-1)9-6-10-24-13-15-26(16-14-24)21-17-20(22-18-23-21)25-11-4-5-12-25/h1-3,6-9,17-18H,4-5,10-16H2/b9-6+. The van der Waals surface area contributed by atoms with Gasteiger partial charge in [-0.25, -0.2) is 9.97 Å². The van der Waals surface area contributed by atoms with Crippen LogP contribution < -0.4 is 9.80 Å². The first kappa shape index (κ1) is 17.0. The van der Waals surface area contributed by atoms with Gasteiger partial charge in [-0.3, -0.25) is 4.90 Å². The van der Waals surface area contributed by atoms with Gasteiger partial charge in [0.05, 0.1) is 0 Å². The normalized spacial score (nSPS) is 18.8. The highest BCUT2D eigenvalue weighted by Gasteiger charge is 2.19. The monoisotopic (exact) mass is 349 g/mol. The molecule has 136 valence electrons. The summed E-state index contributed by atoms with van der Waals surface area (Å²) in [6.07, 6.45) is 8.74. The van der Waals surface area contributed by atoms with Crippen LogP contribution in [0.1, 0.15) is 18.4 Å². The number of benzene rings is 1. The van der Waals surface area contributed by atoms with E-state index in [9.17, 15) is 0 Å². The van der Waals surface area contributed by atoms with Crippen molar-refractivity contribution in [1.82, 2.24) is 14.9 Å². The Morgan fingerprint density at radius 2 is 1.46 bits per heavy atom. The molecule has 2 aliphatic heterocycles. The fraction of sp³-hybridized carbons (Fsp3) is 0.429. The summed E-state index contributed by atoms with van der Waals surface area (Å²) in [4.78, 5) is 16.2.